The molecule has 0 spiro atoms. The quantitative estimate of drug-likeness (QED) is 0.560. The second-order valence-electron chi connectivity index (χ2n) is 7.85. The third-order valence-corrected chi connectivity index (χ3v) is 4.91. The van der Waals surface area contributed by atoms with Crippen LogP contribution in [0.2, 0.25) is 0 Å². The Hall–Kier alpha value is -3.42. The van der Waals surface area contributed by atoms with E-state index in [4.69, 9.17) is 23.7 Å². The summed E-state index contributed by atoms with van der Waals surface area (Å²) in [6.07, 6.45) is -0.0595. The second-order valence-corrected chi connectivity index (χ2v) is 7.85. The van der Waals surface area contributed by atoms with Gasteiger partial charge in [0.25, 0.3) is 5.91 Å². The van der Waals surface area contributed by atoms with Gasteiger partial charge in [0, 0.05) is 6.54 Å². The minimum Gasteiger partial charge on any atom is -0.493 e. The van der Waals surface area contributed by atoms with Crippen LogP contribution in [0.5, 0.6) is 23.0 Å². The van der Waals surface area contributed by atoms with E-state index in [-0.39, 0.29) is 18.9 Å². The van der Waals surface area contributed by atoms with Crippen molar-refractivity contribution < 1.29 is 33.3 Å². The van der Waals surface area contributed by atoms with E-state index in [1.807, 2.05) is 6.07 Å². The Labute approximate surface area is 187 Å². The van der Waals surface area contributed by atoms with Crippen molar-refractivity contribution in [3.63, 3.8) is 0 Å². The molecule has 2 aromatic carbocycles. The lowest BCUT2D eigenvalue weighted by atomic mass is 10.1. The van der Waals surface area contributed by atoms with Crippen molar-refractivity contribution in [3.8, 4) is 23.0 Å². The van der Waals surface area contributed by atoms with Gasteiger partial charge in [-0.05, 0) is 55.2 Å². The molecule has 172 valence electrons. The molecule has 1 amide bonds. The fraction of sp³-hybridized carbons (Fsp3) is 0.417. The Morgan fingerprint density at radius 1 is 1.03 bits per heavy atom. The molecule has 0 aromatic heterocycles. The molecular weight excluding hydrogens is 414 g/mol. The maximum atomic E-state index is 12.5. The monoisotopic (exact) mass is 443 g/mol. The van der Waals surface area contributed by atoms with Crippen molar-refractivity contribution in [1.82, 2.24) is 5.32 Å². The first-order valence-electron chi connectivity index (χ1n) is 10.6. The molecule has 1 atom stereocenters. The van der Waals surface area contributed by atoms with Crippen molar-refractivity contribution in [2.75, 3.05) is 20.5 Å². The molecule has 0 radical (unpaired) electrons. The van der Waals surface area contributed by atoms with Crippen LogP contribution < -0.4 is 24.3 Å². The molecule has 32 heavy (non-hydrogen) atoms. The summed E-state index contributed by atoms with van der Waals surface area (Å²) in [7, 11) is 1.51. The highest BCUT2D eigenvalue weighted by Gasteiger charge is 2.21. The maximum Gasteiger partial charge on any atom is 0.339 e. The third kappa shape index (κ3) is 6.06. The summed E-state index contributed by atoms with van der Waals surface area (Å²) in [5.41, 5.74) is 1.12. The standard InChI is InChI=1S/C24H29NO7/c1-15(2)9-10-29-19-8-6-18(12-21(19)28-4)24(27)32-16(3)23(26)25-13-17-5-7-20-22(11-17)31-14-30-20/h5-8,11-12,15-16H,9-10,13-14H2,1-4H3,(H,25,26). The number of ether oxygens (including phenoxy) is 5. The van der Waals surface area contributed by atoms with Crippen LogP contribution in [0.3, 0.4) is 0 Å². The first-order valence-corrected chi connectivity index (χ1v) is 10.6. The smallest absolute Gasteiger partial charge is 0.339 e. The van der Waals surface area contributed by atoms with Gasteiger partial charge in [0.15, 0.2) is 29.1 Å². The lowest BCUT2D eigenvalue weighted by molar-refractivity contribution is -0.129. The summed E-state index contributed by atoms with van der Waals surface area (Å²) in [6, 6.07) is 10.2. The molecule has 3 rings (SSSR count). The third-order valence-electron chi connectivity index (χ3n) is 4.91. The molecule has 8 heteroatoms. The molecule has 8 nitrogen and oxygen atoms in total. The van der Waals surface area contributed by atoms with Crippen LogP contribution in [0.25, 0.3) is 0 Å². The molecule has 1 aliphatic heterocycles. The number of hydrogen-bond donors (Lipinski definition) is 1. The molecule has 2 aromatic rings. The first kappa shape index (κ1) is 23.2. The maximum absolute atomic E-state index is 12.5. The number of carbonyl (C=O) groups excluding carboxylic acids is 2. The van der Waals surface area contributed by atoms with Gasteiger partial charge in [-0.25, -0.2) is 4.79 Å². The lowest BCUT2D eigenvalue weighted by Crippen LogP contribution is -2.35. The molecule has 1 unspecified atom stereocenters. The van der Waals surface area contributed by atoms with E-state index in [1.165, 1.54) is 14.0 Å². The normalized spacial score (nSPS) is 12.9. The predicted molar refractivity (Wildman–Crippen MR) is 117 cm³/mol. The SMILES string of the molecule is COc1cc(C(=O)OC(C)C(=O)NCc2ccc3c(c2)OCO3)ccc1OCCC(C)C. The van der Waals surface area contributed by atoms with Crippen molar-refractivity contribution >= 4 is 11.9 Å². The zero-order valence-electron chi connectivity index (χ0n) is 18.8. The van der Waals surface area contributed by atoms with Crippen molar-refractivity contribution in [1.29, 1.82) is 0 Å². The van der Waals surface area contributed by atoms with Crippen LogP contribution in [-0.2, 0) is 16.1 Å². The molecule has 1 N–H and O–H groups in total. The Kier molecular flexibility index (Phi) is 7.81. The first-order chi connectivity index (χ1) is 15.4. The zero-order valence-corrected chi connectivity index (χ0v) is 18.8. The van der Waals surface area contributed by atoms with Crippen LogP contribution >= 0.6 is 0 Å². The average Bonchev–Trinajstić information content (AvgIpc) is 3.25. The van der Waals surface area contributed by atoms with Gasteiger partial charge in [0.2, 0.25) is 6.79 Å². The number of rotatable bonds is 10. The molecule has 0 aliphatic carbocycles. The number of benzene rings is 2. The molecule has 1 heterocycles. The zero-order chi connectivity index (χ0) is 23.1. The highest BCUT2D eigenvalue weighted by Crippen LogP contribution is 2.32. The molecule has 1 aliphatic rings. The molecule has 0 fully saturated rings. The van der Waals surface area contributed by atoms with Gasteiger partial charge in [-0.1, -0.05) is 19.9 Å². The lowest BCUT2D eigenvalue weighted by Gasteiger charge is -2.15. The minimum absolute atomic E-state index is 0.188. The summed E-state index contributed by atoms with van der Waals surface area (Å²) in [6.45, 7) is 6.77. The van der Waals surface area contributed by atoms with E-state index < -0.39 is 18.0 Å². The largest absolute Gasteiger partial charge is 0.493 e. The van der Waals surface area contributed by atoms with Gasteiger partial charge in [0.05, 0.1) is 19.3 Å². The van der Waals surface area contributed by atoms with Gasteiger partial charge >= 0.3 is 5.97 Å². The van der Waals surface area contributed by atoms with Crippen molar-refractivity contribution in [3.05, 3.63) is 47.5 Å². The number of methoxy groups -OCH3 is 1. The van der Waals surface area contributed by atoms with Crippen molar-refractivity contribution in [2.45, 2.75) is 39.8 Å². The van der Waals surface area contributed by atoms with Crippen LogP contribution in [0, 0.1) is 5.92 Å². The Morgan fingerprint density at radius 2 is 1.81 bits per heavy atom. The number of fused-ring (bicyclic) bond motifs is 1. The summed E-state index contributed by atoms with van der Waals surface area (Å²) >= 11 is 0. The highest BCUT2D eigenvalue weighted by molar-refractivity contribution is 5.92. The Balaban J connectivity index is 1.53. The predicted octanol–water partition coefficient (Wildman–Crippen LogP) is 3.71. The van der Waals surface area contributed by atoms with Crippen molar-refractivity contribution in [2.24, 2.45) is 5.92 Å². The topological polar surface area (TPSA) is 92.3 Å². The van der Waals surface area contributed by atoms with Crippen LogP contribution in [0.4, 0.5) is 0 Å². The number of nitrogens with one attached hydrogen (secondary N) is 1. The van der Waals surface area contributed by atoms with E-state index in [0.717, 1.165) is 12.0 Å². The number of esters is 1. The minimum atomic E-state index is -0.968. The second kappa shape index (κ2) is 10.7. The summed E-state index contributed by atoms with van der Waals surface area (Å²) in [4.78, 5) is 24.9. The number of carbonyl (C=O) groups is 2. The van der Waals surface area contributed by atoms with E-state index >= 15 is 0 Å². The van der Waals surface area contributed by atoms with E-state index in [1.54, 1.807) is 30.3 Å². The molecule has 0 saturated carbocycles. The highest BCUT2D eigenvalue weighted by atomic mass is 16.7. The number of amides is 1. The number of hydrogen-bond acceptors (Lipinski definition) is 7. The van der Waals surface area contributed by atoms with Crippen LogP contribution in [-0.4, -0.2) is 38.5 Å². The molecular formula is C24H29NO7. The fourth-order valence-electron chi connectivity index (χ4n) is 2.98. The molecule has 0 bridgehead atoms. The van der Waals surface area contributed by atoms with Gasteiger partial charge < -0.3 is 29.0 Å². The molecule has 0 saturated heterocycles. The van der Waals surface area contributed by atoms with Gasteiger partial charge in [-0.15, -0.1) is 0 Å². The summed E-state index contributed by atoms with van der Waals surface area (Å²) in [5, 5.41) is 2.75. The van der Waals surface area contributed by atoms with E-state index in [0.29, 0.717) is 35.5 Å². The van der Waals surface area contributed by atoms with E-state index in [2.05, 4.69) is 19.2 Å². The van der Waals surface area contributed by atoms with Crippen LogP contribution in [0.1, 0.15) is 43.1 Å². The van der Waals surface area contributed by atoms with Gasteiger partial charge in [-0.2, -0.15) is 0 Å². The fourth-order valence-corrected chi connectivity index (χ4v) is 2.98. The van der Waals surface area contributed by atoms with Crippen LogP contribution in [0.15, 0.2) is 36.4 Å². The average molecular weight is 443 g/mol. The van der Waals surface area contributed by atoms with Gasteiger partial charge in [-0.3, -0.25) is 4.79 Å². The Bertz CT molecular complexity index is 957. The van der Waals surface area contributed by atoms with Gasteiger partial charge in [0.1, 0.15) is 0 Å². The summed E-state index contributed by atoms with van der Waals surface area (Å²) < 4.78 is 27.0. The van der Waals surface area contributed by atoms with E-state index in [9.17, 15) is 9.59 Å². The summed E-state index contributed by atoms with van der Waals surface area (Å²) in [5.74, 6) is 1.80. The Morgan fingerprint density at radius 3 is 2.56 bits per heavy atom.